The van der Waals surface area contributed by atoms with Crippen LogP contribution in [0.1, 0.15) is 28.7 Å². The van der Waals surface area contributed by atoms with Gasteiger partial charge in [0.25, 0.3) is 5.91 Å². The van der Waals surface area contributed by atoms with E-state index in [0.717, 1.165) is 17.8 Å². The summed E-state index contributed by atoms with van der Waals surface area (Å²) in [5, 5.41) is 15.5. The van der Waals surface area contributed by atoms with E-state index in [1.54, 1.807) is 35.0 Å². The molecule has 0 aromatic carbocycles. The maximum Gasteiger partial charge on any atom is 0.277 e. The predicted molar refractivity (Wildman–Crippen MR) is 92.8 cm³/mol. The molecule has 1 N–H and O–H groups in total. The molecule has 0 fully saturated rings. The number of halogens is 1. The molecular formula is C15H18BrN7O. The van der Waals surface area contributed by atoms with Crippen molar-refractivity contribution >= 4 is 27.5 Å². The average Bonchev–Trinajstić information content (AvgIpc) is 3.21. The molecule has 3 rings (SSSR count). The van der Waals surface area contributed by atoms with Gasteiger partial charge in [-0.1, -0.05) is 0 Å². The number of nitrogens with one attached hydrogen (secondary N) is 1. The summed E-state index contributed by atoms with van der Waals surface area (Å²) in [6, 6.07) is 0. The Morgan fingerprint density at radius 1 is 1.29 bits per heavy atom. The minimum absolute atomic E-state index is 0.281. The molecule has 0 aliphatic carbocycles. The van der Waals surface area contributed by atoms with E-state index in [9.17, 15) is 4.79 Å². The summed E-state index contributed by atoms with van der Waals surface area (Å²) < 4.78 is 5.95. The van der Waals surface area contributed by atoms with Crippen molar-refractivity contribution in [1.82, 2.24) is 29.3 Å². The van der Waals surface area contributed by atoms with Crippen molar-refractivity contribution in [3.8, 4) is 0 Å². The first-order chi connectivity index (χ1) is 11.5. The second kappa shape index (κ2) is 6.60. The average molecular weight is 392 g/mol. The molecule has 0 saturated heterocycles. The molecule has 126 valence electrons. The van der Waals surface area contributed by atoms with Crippen molar-refractivity contribution in [1.29, 1.82) is 0 Å². The minimum atomic E-state index is -0.281. The van der Waals surface area contributed by atoms with Gasteiger partial charge in [-0.25, -0.2) is 0 Å². The van der Waals surface area contributed by atoms with Gasteiger partial charge in [0.2, 0.25) is 0 Å². The monoisotopic (exact) mass is 391 g/mol. The molecular weight excluding hydrogens is 374 g/mol. The molecule has 3 aromatic rings. The Hall–Kier alpha value is -2.42. The van der Waals surface area contributed by atoms with Gasteiger partial charge in [-0.05, 0) is 29.8 Å². The number of carbonyl (C=O) groups excluding carboxylic acids is 1. The Labute approximate surface area is 147 Å². The van der Waals surface area contributed by atoms with E-state index in [2.05, 4.69) is 43.5 Å². The number of aryl methyl sites for hydroxylation is 2. The van der Waals surface area contributed by atoms with Crippen LogP contribution in [0.4, 0.5) is 5.69 Å². The maximum atomic E-state index is 12.2. The molecule has 3 heterocycles. The molecule has 0 spiro atoms. The Kier molecular flexibility index (Phi) is 4.52. The number of rotatable bonds is 5. The highest BCUT2D eigenvalue weighted by Crippen LogP contribution is 2.17. The van der Waals surface area contributed by atoms with Crippen molar-refractivity contribution in [2.75, 3.05) is 5.32 Å². The third-order valence-electron chi connectivity index (χ3n) is 3.73. The van der Waals surface area contributed by atoms with Gasteiger partial charge in [-0.2, -0.15) is 15.3 Å². The summed E-state index contributed by atoms with van der Waals surface area (Å²) in [7, 11) is 1.76. The third kappa shape index (κ3) is 3.25. The number of aromatic nitrogens is 6. The van der Waals surface area contributed by atoms with Gasteiger partial charge in [0, 0.05) is 37.2 Å². The highest BCUT2D eigenvalue weighted by Gasteiger charge is 2.15. The summed E-state index contributed by atoms with van der Waals surface area (Å²) >= 11 is 3.32. The van der Waals surface area contributed by atoms with Crippen LogP contribution in [0.5, 0.6) is 0 Å². The zero-order valence-electron chi connectivity index (χ0n) is 13.7. The van der Waals surface area contributed by atoms with E-state index < -0.39 is 0 Å². The number of hydrogen-bond donors (Lipinski definition) is 1. The van der Waals surface area contributed by atoms with Crippen LogP contribution >= 0.6 is 15.9 Å². The Balaban J connectivity index is 1.70. The smallest absolute Gasteiger partial charge is 0.277 e. The first-order valence-electron chi connectivity index (χ1n) is 7.52. The lowest BCUT2D eigenvalue weighted by Gasteiger charge is -2.03. The molecule has 24 heavy (non-hydrogen) atoms. The van der Waals surface area contributed by atoms with Gasteiger partial charge in [-0.15, -0.1) is 0 Å². The number of carbonyl (C=O) groups is 1. The van der Waals surface area contributed by atoms with E-state index in [1.165, 1.54) is 0 Å². The van der Waals surface area contributed by atoms with Crippen LogP contribution in [0.25, 0.3) is 0 Å². The lowest BCUT2D eigenvalue weighted by atomic mass is 10.2. The zero-order valence-corrected chi connectivity index (χ0v) is 15.3. The fraction of sp³-hybridized carbons (Fsp3) is 0.333. The van der Waals surface area contributed by atoms with Gasteiger partial charge in [0.1, 0.15) is 0 Å². The summed E-state index contributed by atoms with van der Waals surface area (Å²) in [6.45, 7) is 5.54. The minimum Gasteiger partial charge on any atom is -0.318 e. The van der Waals surface area contributed by atoms with E-state index in [0.29, 0.717) is 22.4 Å². The van der Waals surface area contributed by atoms with Crippen LogP contribution in [-0.2, 0) is 20.1 Å². The first kappa shape index (κ1) is 16.4. The summed E-state index contributed by atoms with van der Waals surface area (Å²) in [6.07, 6.45) is 6.99. The van der Waals surface area contributed by atoms with Crippen LogP contribution < -0.4 is 5.32 Å². The van der Waals surface area contributed by atoms with Crippen molar-refractivity contribution in [2.24, 2.45) is 7.05 Å². The maximum absolute atomic E-state index is 12.2. The summed E-state index contributed by atoms with van der Waals surface area (Å²) in [5.74, 6) is -0.281. The largest absolute Gasteiger partial charge is 0.318 e. The van der Waals surface area contributed by atoms with Crippen LogP contribution in [0.15, 0.2) is 29.3 Å². The molecule has 8 nitrogen and oxygen atoms in total. The molecule has 1 amide bonds. The van der Waals surface area contributed by atoms with Gasteiger partial charge in [0.15, 0.2) is 5.69 Å². The van der Waals surface area contributed by atoms with E-state index in [4.69, 9.17) is 0 Å². The van der Waals surface area contributed by atoms with Gasteiger partial charge >= 0.3 is 0 Å². The number of hydrogen-bond acceptors (Lipinski definition) is 4. The second-order valence-corrected chi connectivity index (χ2v) is 6.31. The fourth-order valence-electron chi connectivity index (χ4n) is 2.45. The van der Waals surface area contributed by atoms with Gasteiger partial charge in [0.05, 0.1) is 29.1 Å². The highest BCUT2D eigenvalue weighted by molar-refractivity contribution is 9.10. The van der Waals surface area contributed by atoms with Crippen molar-refractivity contribution in [3.63, 3.8) is 0 Å². The van der Waals surface area contributed by atoms with Crippen LogP contribution in [-0.4, -0.2) is 35.2 Å². The fourth-order valence-corrected chi connectivity index (χ4v) is 3.01. The van der Waals surface area contributed by atoms with Crippen LogP contribution in [0.3, 0.4) is 0 Å². The van der Waals surface area contributed by atoms with Gasteiger partial charge < -0.3 is 5.32 Å². The molecule has 3 aromatic heterocycles. The van der Waals surface area contributed by atoms with E-state index >= 15 is 0 Å². The molecule has 0 aliphatic heterocycles. The number of nitrogens with zero attached hydrogens (tertiary/aromatic N) is 6. The molecule has 0 saturated carbocycles. The number of anilines is 1. The van der Waals surface area contributed by atoms with Crippen molar-refractivity contribution in [2.45, 2.75) is 26.9 Å². The van der Waals surface area contributed by atoms with E-state index in [1.807, 2.05) is 17.8 Å². The normalized spacial score (nSPS) is 11.0. The topological polar surface area (TPSA) is 82.6 Å². The molecule has 0 aliphatic rings. The van der Waals surface area contributed by atoms with Crippen molar-refractivity contribution < 1.29 is 4.79 Å². The third-order valence-corrected chi connectivity index (χ3v) is 4.31. The molecule has 0 atom stereocenters. The van der Waals surface area contributed by atoms with Crippen LogP contribution in [0.2, 0.25) is 0 Å². The summed E-state index contributed by atoms with van der Waals surface area (Å²) in [4.78, 5) is 12.2. The number of amides is 1. The summed E-state index contributed by atoms with van der Waals surface area (Å²) in [5.41, 5.74) is 3.18. The first-order valence-corrected chi connectivity index (χ1v) is 8.31. The molecule has 0 radical (unpaired) electrons. The Morgan fingerprint density at radius 2 is 2.08 bits per heavy atom. The highest BCUT2D eigenvalue weighted by atomic mass is 79.9. The molecule has 9 heteroatoms. The molecule has 0 bridgehead atoms. The van der Waals surface area contributed by atoms with Crippen LogP contribution in [0, 0.1) is 6.92 Å². The zero-order chi connectivity index (χ0) is 17.3. The van der Waals surface area contributed by atoms with Crippen molar-refractivity contribution in [3.05, 3.63) is 46.2 Å². The standard InChI is InChI=1S/C15H18BrN7O/c1-4-23-10(2)11(5-18-23)7-22-8-12(6-17-22)19-15(24)14-13(16)9-21(3)20-14/h5-6,8-9H,4,7H2,1-3H3,(H,19,24). The molecule has 0 unspecified atom stereocenters. The SMILES string of the molecule is CCn1ncc(Cn2cc(NC(=O)c3nn(C)cc3Br)cn2)c1C. The van der Waals surface area contributed by atoms with E-state index in [-0.39, 0.29) is 5.91 Å². The Morgan fingerprint density at radius 3 is 2.71 bits per heavy atom. The quantitative estimate of drug-likeness (QED) is 0.722. The second-order valence-electron chi connectivity index (χ2n) is 5.45. The Bertz CT molecular complexity index is 876. The predicted octanol–water partition coefficient (Wildman–Crippen LogP) is 2.20. The lowest BCUT2D eigenvalue weighted by molar-refractivity contribution is 0.102. The lowest BCUT2D eigenvalue weighted by Crippen LogP contribution is -2.13. The van der Waals surface area contributed by atoms with Gasteiger partial charge in [-0.3, -0.25) is 18.8 Å².